The van der Waals surface area contributed by atoms with Gasteiger partial charge in [-0.3, -0.25) is 9.80 Å². The Balaban J connectivity index is 1.77. The molecule has 0 radical (unpaired) electrons. The van der Waals surface area contributed by atoms with Crippen molar-refractivity contribution in [2.24, 2.45) is 0 Å². The van der Waals surface area contributed by atoms with Crippen molar-refractivity contribution in [1.82, 2.24) is 14.8 Å². The topological polar surface area (TPSA) is 19.4 Å². The fraction of sp³-hybridized carbons (Fsp3) is 0.800. The standard InChI is InChI=1S/C15H25N3S/c1-15(2,14-16-7-11-19-14)18-10-5-9-17-8-4-3-6-13(17)12-18/h7,11,13H,3-6,8-10,12H2,1-2H3. The maximum Gasteiger partial charge on any atom is 0.112 e. The summed E-state index contributed by atoms with van der Waals surface area (Å²) in [7, 11) is 0. The van der Waals surface area contributed by atoms with E-state index < -0.39 is 0 Å². The molecule has 1 unspecified atom stereocenters. The van der Waals surface area contributed by atoms with Gasteiger partial charge in [-0.15, -0.1) is 11.3 Å². The van der Waals surface area contributed by atoms with Crippen LogP contribution in [0.2, 0.25) is 0 Å². The average molecular weight is 279 g/mol. The highest BCUT2D eigenvalue weighted by Gasteiger charge is 2.36. The first kappa shape index (κ1) is 13.5. The molecule has 1 atom stereocenters. The van der Waals surface area contributed by atoms with Gasteiger partial charge in [0.1, 0.15) is 5.01 Å². The Labute approximate surface area is 120 Å². The van der Waals surface area contributed by atoms with E-state index in [1.54, 1.807) is 11.3 Å². The Morgan fingerprint density at radius 1 is 1.21 bits per heavy atom. The summed E-state index contributed by atoms with van der Waals surface area (Å²) in [5, 5.41) is 3.36. The quantitative estimate of drug-likeness (QED) is 0.830. The first-order valence-corrected chi connectivity index (χ1v) is 8.45. The van der Waals surface area contributed by atoms with E-state index in [0.717, 1.165) is 6.04 Å². The molecule has 2 fully saturated rings. The second-order valence-corrected chi connectivity index (χ2v) is 7.28. The third kappa shape index (κ3) is 2.71. The molecule has 2 aliphatic rings. The SMILES string of the molecule is CC(C)(c1nccs1)N1CCCN2CCCCC2C1. The zero-order valence-electron chi connectivity index (χ0n) is 12.1. The van der Waals surface area contributed by atoms with Gasteiger partial charge in [0.05, 0.1) is 5.54 Å². The average Bonchev–Trinajstić information content (AvgIpc) is 2.85. The van der Waals surface area contributed by atoms with Crippen molar-refractivity contribution in [3.8, 4) is 0 Å². The van der Waals surface area contributed by atoms with Gasteiger partial charge < -0.3 is 0 Å². The van der Waals surface area contributed by atoms with Crippen LogP contribution >= 0.6 is 11.3 Å². The number of rotatable bonds is 2. The summed E-state index contributed by atoms with van der Waals surface area (Å²) < 4.78 is 0. The molecule has 0 spiro atoms. The van der Waals surface area contributed by atoms with Crippen molar-refractivity contribution in [3.05, 3.63) is 16.6 Å². The van der Waals surface area contributed by atoms with E-state index in [1.807, 2.05) is 6.20 Å². The second kappa shape index (κ2) is 5.51. The third-order valence-electron chi connectivity index (χ3n) is 4.80. The number of hydrogen-bond donors (Lipinski definition) is 0. The predicted octanol–water partition coefficient (Wildman–Crippen LogP) is 2.94. The lowest BCUT2D eigenvalue weighted by Gasteiger charge is -2.40. The van der Waals surface area contributed by atoms with E-state index >= 15 is 0 Å². The molecule has 106 valence electrons. The number of fused-ring (bicyclic) bond motifs is 1. The van der Waals surface area contributed by atoms with Crippen molar-refractivity contribution in [2.75, 3.05) is 26.2 Å². The van der Waals surface area contributed by atoms with Gasteiger partial charge in [0.15, 0.2) is 0 Å². The van der Waals surface area contributed by atoms with E-state index in [9.17, 15) is 0 Å². The molecule has 19 heavy (non-hydrogen) atoms. The molecular weight excluding hydrogens is 254 g/mol. The van der Waals surface area contributed by atoms with Crippen LogP contribution in [0.5, 0.6) is 0 Å². The molecule has 2 saturated heterocycles. The normalized spacial score (nSPS) is 26.9. The Kier molecular flexibility index (Phi) is 3.92. The first-order valence-electron chi connectivity index (χ1n) is 7.57. The minimum atomic E-state index is 0.0849. The molecule has 0 saturated carbocycles. The van der Waals surface area contributed by atoms with Gasteiger partial charge >= 0.3 is 0 Å². The third-order valence-corrected chi connectivity index (χ3v) is 5.89. The Hall–Kier alpha value is -0.450. The highest BCUT2D eigenvalue weighted by atomic mass is 32.1. The summed E-state index contributed by atoms with van der Waals surface area (Å²) in [6.07, 6.45) is 7.42. The van der Waals surface area contributed by atoms with Crippen molar-refractivity contribution in [3.63, 3.8) is 0 Å². The van der Waals surface area contributed by atoms with Crippen molar-refractivity contribution in [1.29, 1.82) is 0 Å². The van der Waals surface area contributed by atoms with E-state index in [-0.39, 0.29) is 5.54 Å². The van der Waals surface area contributed by atoms with Gasteiger partial charge in [-0.1, -0.05) is 6.42 Å². The van der Waals surface area contributed by atoms with Crippen LogP contribution in [-0.4, -0.2) is 47.0 Å². The molecule has 3 rings (SSSR count). The van der Waals surface area contributed by atoms with Gasteiger partial charge in [-0.05, 0) is 46.2 Å². The monoisotopic (exact) mass is 279 g/mol. The second-order valence-electron chi connectivity index (χ2n) is 6.38. The van der Waals surface area contributed by atoms with Crippen LogP contribution in [0.15, 0.2) is 11.6 Å². The summed E-state index contributed by atoms with van der Waals surface area (Å²) >= 11 is 1.79. The van der Waals surface area contributed by atoms with Gasteiger partial charge in [-0.2, -0.15) is 0 Å². The van der Waals surface area contributed by atoms with Crippen molar-refractivity contribution in [2.45, 2.75) is 51.1 Å². The lowest BCUT2D eigenvalue weighted by molar-refractivity contribution is 0.0823. The number of thiazole rings is 1. The zero-order chi connectivity index (χ0) is 13.3. The number of nitrogens with zero attached hydrogens (tertiary/aromatic N) is 3. The van der Waals surface area contributed by atoms with Crippen LogP contribution in [0.3, 0.4) is 0 Å². The highest BCUT2D eigenvalue weighted by Crippen LogP contribution is 2.32. The summed E-state index contributed by atoms with van der Waals surface area (Å²) in [5.41, 5.74) is 0.0849. The summed E-state index contributed by atoms with van der Waals surface area (Å²) in [6, 6.07) is 0.774. The van der Waals surface area contributed by atoms with Gasteiger partial charge in [0.25, 0.3) is 0 Å². The van der Waals surface area contributed by atoms with Crippen molar-refractivity contribution >= 4 is 11.3 Å². The Bertz CT molecular complexity index is 402. The predicted molar refractivity (Wildman–Crippen MR) is 80.5 cm³/mol. The highest BCUT2D eigenvalue weighted by molar-refractivity contribution is 7.09. The number of aromatic nitrogens is 1. The molecule has 0 bridgehead atoms. The number of piperidine rings is 1. The van der Waals surface area contributed by atoms with Crippen LogP contribution in [0, 0.1) is 0 Å². The van der Waals surface area contributed by atoms with E-state index in [4.69, 9.17) is 0 Å². The van der Waals surface area contributed by atoms with Crippen LogP contribution in [-0.2, 0) is 5.54 Å². The molecule has 3 nitrogen and oxygen atoms in total. The van der Waals surface area contributed by atoms with Crippen LogP contribution < -0.4 is 0 Å². The molecule has 0 amide bonds. The number of hydrogen-bond acceptors (Lipinski definition) is 4. The zero-order valence-corrected chi connectivity index (χ0v) is 13.0. The van der Waals surface area contributed by atoms with Crippen LogP contribution in [0.1, 0.15) is 44.5 Å². The van der Waals surface area contributed by atoms with E-state index in [1.165, 1.54) is 56.9 Å². The first-order chi connectivity index (χ1) is 9.18. The van der Waals surface area contributed by atoms with Gasteiger partial charge in [-0.25, -0.2) is 4.98 Å². The fourth-order valence-electron chi connectivity index (χ4n) is 3.54. The Morgan fingerprint density at radius 2 is 2.05 bits per heavy atom. The van der Waals surface area contributed by atoms with Crippen molar-refractivity contribution < 1.29 is 0 Å². The minimum absolute atomic E-state index is 0.0849. The molecule has 2 aliphatic heterocycles. The largest absolute Gasteiger partial charge is 0.299 e. The maximum absolute atomic E-state index is 4.56. The lowest BCUT2D eigenvalue weighted by Crippen LogP contribution is -2.49. The lowest BCUT2D eigenvalue weighted by atomic mass is 9.99. The molecule has 0 aromatic carbocycles. The molecular formula is C15H25N3S. The van der Waals surface area contributed by atoms with Gasteiger partial charge in [0.2, 0.25) is 0 Å². The summed E-state index contributed by atoms with van der Waals surface area (Å²) in [4.78, 5) is 9.95. The molecule has 1 aromatic rings. The van der Waals surface area contributed by atoms with Gasteiger partial charge in [0, 0.05) is 30.7 Å². The van der Waals surface area contributed by atoms with Crippen LogP contribution in [0.25, 0.3) is 0 Å². The molecule has 0 N–H and O–H groups in total. The summed E-state index contributed by atoms with van der Waals surface area (Å²) in [5.74, 6) is 0. The molecule has 3 heterocycles. The maximum atomic E-state index is 4.56. The van der Waals surface area contributed by atoms with E-state index in [0.29, 0.717) is 0 Å². The van der Waals surface area contributed by atoms with E-state index in [2.05, 4.69) is 34.0 Å². The summed E-state index contributed by atoms with van der Waals surface area (Å²) in [6.45, 7) is 9.70. The smallest absolute Gasteiger partial charge is 0.112 e. The fourth-order valence-corrected chi connectivity index (χ4v) is 4.33. The van der Waals surface area contributed by atoms with Crippen LogP contribution in [0.4, 0.5) is 0 Å². The molecule has 4 heteroatoms. The molecule has 1 aromatic heterocycles. The Morgan fingerprint density at radius 3 is 2.84 bits per heavy atom. The molecule has 0 aliphatic carbocycles. The minimum Gasteiger partial charge on any atom is -0.299 e.